The Kier molecular flexibility index (Phi) is 7.62. The Morgan fingerprint density at radius 1 is 1.08 bits per heavy atom. The van der Waals surface area contributed by atoms with Crippen LogP contribution in [0.4, 0.5) is 13.2 Å². The van der Waals surface area contributed by atoms with Crippen molar-refractivity contribution < 1.29 is 22.5 Å². The number of halogens is 3. The van der Waals surface area contributed by atoms with E-state index in [-0.39, 0.29) is 36.1 Å². The summed E-state index contributed by atoms with van der Waals surface area (Å²) in [6, 6.07) is 0.192. The van der Waals surface area contributed by atoms with Gasteiger partial charge in [0.15, 0.2) is 5.82 Å². The molecule has 10 heteroatoms. The van der Waals surface area contributed by atoms with E-state index in [4.69, 9.17) is 4.52 Å². The first kappa shape index (κ1) is 26.9. The van der Waals surface area contributed by atoms with Gasteiger partial charge in [-0.15, -0.1) is 0 Å². The lowest BCUT2D eigenvalue weighted by atomic mass is 9.77. The molecule has 2 aliphatic heterocycles. The van der Waals surface area contributed by atoms with Crippen LogP contribution in [0.5, 0.6) is 0 Å². The van der Waals surface area contributed by atoms with Gasteiger partial charge in [0.2, 0.25) is 11.8 Å². The van der Waals surface area contributed by atoms with E-state index in [1.54, 1.807) is 4.90 Å². The van der Waals surface area contributed by atoms with E-state index >= 15 is 8.78 Å². The number of alkyl halides is 3. The number of likely N-dealkylation sites (tertiary alicyclic amines) is 1. The summed E-state index contributed by atoms with van der Waals surface area (Å²) in [6.45, 7) is 10.8. The van der Waals surface area contributed by atoms with Gasteiger partial charge in [-0.1, -0.05) is 12.1 Å². The van der Waals surface area contributed by atoms with Crippen LogP contribution < -0.4 is 0 Å². The molecule has 0 radical (unpaired) electrons. The maximum absolute atomic E-state index is 15.3. The van der Waals surface area contributed by atoms with Crippen molar-refractivity contribution in [3.05, 3.63) is 11.7 Å². The molecule has 0 aromatic carbocycles. The Balaban J connectivity index is 1.21. The van der Waals surface area contributed by atoms with Gasteiger partial charge in [0, 0.05) is 62.4 Å². The summed E-state index contributed by atoms with van der Waals surface area (Å²) in [5.74, 6) is -3.31. The first-order valence-electron chi connectivity index (χ1n) is 14.2. The highest BCUT2D eigenvalue weighted by Gasteiger charge is 2.50. The fourth-order valence-electron chi connectivity index (χ4n) is 6.58. The molecule has 0 unspecified atom stereocenters. The molecule has 4 fully saturated rings. The van der Waals surface area contributed by atoms with Crippen LogP contribution in [-0.2, 0) is 10.2 Å². The van der Waals surface area contributed by atoms with Crippen molar-refractivity contribution in [1.29, 1.82) is 0 Å². The van der Waals surface area contributed by atoms with Gasteiger partial charge in [-0.2, -0.15) is 4.98 Å². The van der Waals surface area contributed by atoms with Gasteiger partial charge in [-0.25, -0.2) is 13.2 Å². The summed E-state index contributed by atoms with van der Waals surface area (Å²) < 4.78 is 49.3. The molecule has 0 bridgehead atoms. The molecule has 2 aliphatic carbocycles. The molecule has 208 valence electrons. The monoisotopic (exact) mass is 525 g/mol. The minimum atomic E-state index is -2.83. The molecule has 4 atom stereocenters. The van der Waals surface area contributed by atoms with E-state index in [2.05, 4.69) is 33.8 Å². The summed E-state index contributed by atoms with van der Waals surface area (Å²) in [6.07, 6.45) is 2.76. The number of piperidine rings is 1. The molecule has 1 aromatic rings. The summed E-state index contributed by atoms with van der Waals surface area (Å²) in [5, 5.41) is 4.11. The predicted octanol–water partition coefficient (Wildman–Crippen LogP) is 4.39. The zero-order chi connectivity index (χ0) is 26.4. The van der Waals surface area contributed by atoms with Gasteiger partial charge >= 0.3 is 0 Å². The van der Waals surface area contributed by atoms with Crippen LogP contribution in [0.25, 0.3) is 0 Å². The molecular formula is C27H42F3N5O2. The minimum absolute atomic E-state index is 0.106. The fourth-order valence-corrected chi connectivity index (χ4v) is 6.58. The molecule has 0 N–H and O–H groups in total. The van der Waals surface area contributed by atoms with Crippen LogP contribution in [-0.4, -0.2) is 94.2 Å². The van der Waals surface area contributed by atoms with Crippen LogP contribution in [0.15, 0.2) is 4.52 Å². The van der Waals surface area contributed by atoms with Crippen molar-refractivity contribution in [2.24, 2.45) is 5.92 Å². The lowest BCUT2D eigenvalue weighted by Crippen LogP contribution is -2.53. The molecule has 37 heavy (non-hydrogen) atoms. The number of rotatable bonds is 6. The van der Waals surface area contributed by atoms with Gasteiger partial charge in [-0.3, -0.25) is 14.6 Å². The van der Waals surface area contributed by atoms with E-state index in [1.807, 2.05) is 6.92 Å². The normalized spacial score (nSPS) is 32.9. The van der Waals surface area contributed by atoms with Crippen molar-refractivity contribution in [3.63, 3.8) is 0 Å². The van der Waals surface area contributed by atoms with Gasteiger partial charge < -0.3 is 9.42 Å². The summed E-state index contributed by atoms with van der Waals surface area (Å²) in [4.78, 5) is 24.2. The average Bonchev–Trinajstić information content (AvgIpc) is 3.46. The third kappa shape index (κ3) is 5.70. The Bertz CT molecular complexity index is 948. The number of aromatic nitrogens is 2. The molecule has 0 spiro atoms. The summed E-state index contributed by atoms with van der Waals surface area (Å²) in [5.41, 5.74) is -0.370. The highest BCUT2D eigenvalue weighted by molar-refractivity contribution is 5.76. The third-order valence-corrected chi connectivity index (χ3v) is 9.41. The highest BCUT2D eigenvalue weighted by Crippen LogP contribution is 2.45. The molecule has 2 saturated heterocycles. The van der Waals surface area contributed by atoms with Gasteiger partial charge in [0.05, 0.1) is 5.92 Å². The van der Waals surface area contributed by atoms with Crippen LogP contribution in [0.3, 0.4) is 0 Å². The molecule has 1 aromatic heterocycles. The molecule has 2 saturated carbocycles. The van der Waals surface area contributed by atoms with Gasteiger partial charge in [-0.05, 0) is 65.5 Å². The largest absolute Gasteiger partial charge is 0.343 e. The smallest absolute Gasteiger partial charge is 0.252 e. The SMILES string of the molecule is CC(C)N1CCCN([C@H]2CCCC(F)(F)[C@@H]2CC(=O)N2CCC(C)(c3noc([C@@H]4C[C@@H]4F)n3)CC2)CC1. The molecule has 4 aliphatic rings. The van der Waals surface area contributed by atoms with Crippen LogP contribution in [0.2, 0.25) is 0 Å². The third-order valence-electron chi connectivity index (χ3n) is 9.41. The maximum Gasteiger partial charge on any atom is 0.252 e. The molecule has 1 amide bonds. The van der Waals surface area contributed by atoms with Gasteiger partial charge in [0.25, 0.3) is 5.92 Å². The molecule has 5 rings (SSSR count). The first-order valence-corrected chi connectivity index (χ1v) is 14.2. The summed E-state index contributed by atoms with van der Waals surface area (Å²) in [7, 11) is 0. The van der Waals surface area contributed by atoms with E-state index in [9.17, 15) is 9.18 Å². The quantitative estimate of drug-likeness (QED) is 0.549. The second-order valence-electron chi connectivity index (χ2n) is 12.3. The topological polar surface area (TPSA) is 65.7 Å². The average molecular weight is 526 g/mol. The van der Waals surface area contributed by atoms with Crippen molar-refractivity contribution in [2.75, 3.05) is 39.3 Å². The second-order valence-corrected chi connectivity index (χ2v) is 12.3. The standard InChI is InChI=1S/C27H42F3N5O2/c1-18(2)33-10-5-11-34(15-14-33)22-6-4-7-27(29,30)20(22)17-23(36)35-12-8-26(3,9-13-35)25-31-24(37-32-25)19-16-21(19)28/h18-22H,4-17H2,1-3H3/t19-,20-,21+,22+/m1/s1. The van der Waals surface area contributed by atoms with Crippen molar-refractivity contribution in [3.8, 4) is 0 Å². The van der Waals surface area contributed by atoms with E-state index < -0.39 is 18.0 Å². The molecule has 3 heterocycles. The number of amides is 1. The number of hydrogen-bond acceptors (Lipinski definition) is 6. The first-order chi connectivity index (χ1) is 17.6. The molecular weight excluding hydrogens is 483 g/mol. The van der Waals surface area contributed by atoms with Gasteiger partial charge in [0.1, 0.15) is 6.17 Å². The predicted molar refractivity (Wildman–Crippen MR) is 133 cm³/mol. The van der Waals surface area contributed by atoms with E-state index in [0.29, 0.717) is 56.5 Å². The number of hydrogen-bond donors (Lipinski definition) is 0. The second kappa shape index (κ2) is 10.5. The Morgan fingerprint density at radius 3 is 2.49 bits per heavy atom. The lowest BCUT2D eigenvalue weighted by molar-refractivity contribution is -0.149. The zero-order valence-corrected chi connectivity index (χ0v) is 22.5. The lowest BCUT2D eigenvalue weighted by Gasteiger charge is -2.44. The minimum Gasteiger partial charge on any atom is -0.343 e. The van der Waals surface area contributed by atoms with Crippen LogP contribution in [0.1, 0.15) is 89.8 Å². The number of carbonyl (C=O) groups is 1. The molecule has 7 nitrogen and oxygen atoms in total. The fraction of sp³-hybridized carbons (Fsp3) is 0.889. The zero-order valence-electron chi connectivity index (χ0n) is 22.5. The van der Waals surface area contributed by atoms with E-state index in [1.165, 1.54) is 0 Å². The maximum atomic E-state index is 15.3. The summed E-state index contributed by atoms with van der Waals surface area (Å²) >= 11 is 0. The number of nitrogens with zero attached hydrogens (tertiary/aromatic N) is 5. The van der Waals surface area contributed by atoms with Crippen molar-refractivity contribution in [1.82, 2.24) is 24.8 Å². The highest BCUT2D eigenvalue weighted by atomic mass is 19.3. The Labute approximate surface area is 218 Å². The van der Waals surface area contributed by atoms with Crippen molar-refractivity contribution in [2.45, 2.75) is 108 Å². The Hall–Kier alpha value is -1.68. The van der Waals surface area contributed by atoms with Crippen LogP contribution >= 0.6 is 0 Å². The van der Waals surface area contributed by atoms with E-state index in [0.717, 1.165) is 39.0 Å². The number of carbonyl (C=O) groups excluding carboxylic acids is 1. The van der Waals surface area contributed by atoms with Crippen molar-refractivity contribution >= 4 is 5.91 Å². The Morgan fingerprint density at radius 2 is 1.81 bits per heavy atom. The van der Waals surface area contributed by atoms with Crippen LogP contribution in [0, 0.1) is 5.92 Å².